The number of halogens is 1. The first kappa shape index (κ1) is 9.40. The van der Waals surface area contributed by atoms with Gasteiger partial charge in [0.15, 0.2) is 0 Å². The molecule has 2 rings (SSSR count). The van der Waals surface area contributed by atoms with Gasteiger partial charge in [0.05, 0.1) is 11.7 Å². The molecule has 1 unspecified atom stereocenters. The summed E-state index contributed by atoms with van der Waals surface area (Å²) in [5.74, 6) is -0.0808. The van der Waals surface area contributed by atoms with Gasteiger partial charge in [-0.05, 0) is 11.6 Å². The van der Waals surface area contributed by atoms with Gasteiger partial charge in [-0.25, -0.2) is 0 Å². The van der Waals surface area contributed by atoms with Gasteiger partial charge in [0.2, 0.25) is 0 Å². The van der Waals surface area contributed by atoms with Crippen LogP contribution in [0.3, 0.4) is 0 Å². The number of rotatable bonds is 3. The first-order valence-electron chi connectivity index (χ1n) is 4.29. The highest BCUT2D eigenvalue weighted by Crippen LogP contribution is 2.20. The van der Waals surface area contributed by atoms with Crippen LogP contribution in [0.25, 0.3) is 10.9 Å². The zero-order valence-corrected chi connectivity index (χ0v) is 8.99. The molecule has 1 aromatic heterocycles. The summed E-state index contributed by atoms with van der Waals surface area (Å²) in [5, 5.41) is 8.52. The van der Waals surface area contributed by atoms with Crippen molar-refractivity contribution in [3.05, 3.63) is 30.0 Å². The van der Waals surface area contributed by atoms with Crippen LogP contribution in [0.2, 0.25) is 0 Å². The average Bonchev–Trinajstić information content (AvgIpc) is 2.66. The maximum absolute atomic E-state index is 10.8. The van der Waals surface area contributed by atoms with E-state index in [-0.39, 0.29) is 5.92 Å². The summed E-state index contributed by atoms with van der Waals surface area (Å²) < 4.78 is 0. The highest BCUT2D eigenvalue weighted by atomic mass is 79.9. The van der Waals surface area contributed by atoms with Crippen LogP contribution in [0.15, 0.2) is 24.4 Å². The van der Waals surface area contributed by atoms with E-state index >= 15 is 0 Å². The molecule has 0 spiro atoms. The normalized spacial score (nSPS) is 12.9. The van der Waals surface area contributed by atoms with E-state index in [4.69, 9.17) is 0 Å². The minimum Gasteiger partial charge on any atom is -0.303 e. The highest BCUT2D eigenvalue weighted by Gasteiger charge is 2.09. The number of fused-ring (bicyclic) bond motifs is 1. The molecule has 2 aromatic rings. The van der Waals surface area contributed by atoms with E-state index in [1.165, 1.54) is 0 Å². The second-order valence-electron chi connectivity index (χ2n) is 3.11. The fourth-order valence-corrected chi connectivity index (χ4v) is 1.92. The number of hydrogen-bond donors (Lipinski definition) is 1. The number of benzene rings is 1. The van der Waals surface area contributed by atoms with E-state index in [2.05, 4.69) is 26.1 Å². The lowest BCUT2D eigenvalue weighted by Gasteiger charge is -2.05. The van der Waals surface area contributed by atoms with Gasteiger partial charge >= 0.3 is 0 Å². The number of H-pyrrole nitrogens is 1. The van der Waals surface area contributed by atoms with Crippen LogP contribution >= 0.6 is 15.9 Å². The molecule has 0 aliphatic heterocycles. The Bertz CT molecular complexity index is 452. The van der Waals surface area contributed by atoms with E-state index in [9.17, 15) is 4.79 Å². The third-order valence-electron chi connectivity index (χ3n) is 2.22. The number of hydrogen-bond acceptors (Lipinski definition) is 2. The second kappa shape index (κ2) is 3.92. The van der Waals surface area contributed by atoms with Crippen LogP contribution in [0.5, 0.6) is 0 Å². The van der Waals surface area contributed by atoms with Crippen LogP contribution in [-0.2, 0) is 4.79 Å². The molecule has 0 radical (unpaired) electrons. The van der Waals surface area contributed by atoms with E-state index in [0.717, 1.165) is 22.8 Å². The molecule has 0 saturated carbocycles. The minimum absolute atomic E-state index is 0.0808. The summed E-state index contributed by atoms with van der Waals surface area (Å²) in [6.07, 6.45) is 2.72. The first-order chi connectivity index (χ1) is 6.85. The lowest BCUT2D eigenvalue weighted by molar-refractivity contribution is -0.108. The third kappa shape index (κ3) is 1.57. The fourth-order valence-electron chi connectivity index (χ4n) is 1.39. The summed E-state index contributed by atoms with van der Waals surface area (Å²) in [4.78, 5) is 10.8. The number of nitrogens with zero attached hydrogens (tertiary/aromatic N) is 1. The van der Waals surface area contributed by atoms with E-state index < -0.39 is 0 Å². The lowest BCUT2D eigenvalue weighted by Crippen LogP contribution is -2.00. The Balaban J connectivity index is 2.47. The number of aldehydes is 1. The van der Waals surface area contributed by atoms with Crippen molar-refractivity contribution in [3.63, 3.8) is 0 Å². The first-order valence-corrected chi connectivity index (χ1v) is 5.41. The van der Waals surface area contributed by atoms with Crippen molar-refractivity contribution in [2.45, 2.75) is 5.92 Å². The minimum atomic E-state index is -0.0808. The van der Waals surface area contributed by atoms with Crippen LogP contribution in [-0.4, -0.2) is 21.8 Å². The average molecular weight is 253 g/mol. The van der Waals surface area contributed by atoms with E-state index in [1.807, 2.05) is 18.2 Å². The predicted octanol–water partition coefficient (Wildman–Crippen LogP) is 2.24. The number of nitrogens with one attached hydrogen (secondary N) is 1. The quantitative estimate of drug-likeness (QED) is 0.673. The largest absolute Gasteiger partial charge is 0.303 e. The summed E-state index contributed by atoms with van der Waals surface area (Å²) in [6, 6.07) is 5.88. The van der Waals surface area contributed by atoms with Gasteiger partial charge in [0, 0.05) is 16.6 Å². The number of carbonyl (C=O) groups excluding carboxylic acids is 1. The zero-order chi connectivity index (χ0) is 9.97. The molecule has 14 heavy (non-hydrogen) atoms. The molecule has 1 atom stereocenters. The van der Waals surface area contributed by atoms with Gasteiger partial charge in [-0.1, -0.05) is 28.1 Å². The summed E-state index contributed by atoms with van der Waals surface area (Å²) in [5.41, 5.74) is 1.98. The molecule has 72 valence electrons. The van der Waals surface area contributed by atoms with Gasteiger partial charge in [-0.15, -0.1) is 0 Å². The Morgan fingerprint density at radius 3 is 3.14 bits per heavy atom. The predicted molar refractivity (Wildman–Crippen MR) is 58.7 cm³/mol. The van der Waals surface area contributed by atoms with Crippen LogP contribution in [0, 0.1) is 0 Å². The van der Waals surface area contributed by atoms with E-state index in [1.54, 1.807) is 6.20 Å². The van der Waals surface area contributed by atoms with E-state index in [0.29, 0.717) is 5.33 Å². The summed E-state index contributed by atoms with van der Waals surface area (Å²) in [7, 11) is 0. The number of aromatic nitrogens is 2. The van der Waals surface area contributed by atoms with Gasteiger partial charge in [0.25, 0.3) is 0 Å². The summed E-state index contributed by atoms with van der Waals surface area (Å²) >= 11 is 3.31. The number of alkyl halides is 1. The molecule has 1 N–H and O–H groups in total. The van der Waals surface area contributed by atoms with Crippen molar-refractivity contribution in [1.82, 2.24) is 10.2 Å². The lowest BCUT2D eigenvalue weighted by atomic mass is 10.0. The van der Waals surface area contributed by atoms with Gasteiger partial charge < -0.3 is 4.79 Å². The molecule has 1 heterocycles. The van der Waals surface area contributed by atoms with Crippen molar-refractivity contribution in [3.8, 4) is 0 Å². The molecule has 4 heteroatoms. The molecule has 0 fully saturated rings. The molecule has 0 aliphatic carbocycles. The maximum atomic E-state index is 10.8. The van der Waals surface area contributed by atoms with Crippen molar-refractivity contribution in [2.75, 3.05) is 5.33 Å². The molecule has 0 saturated heterocycles. The Morgan fingerprint density at radius 2 is 2.43 bits per heavy atom. The van der Waals surface area contributed by atoms with Gasteiger partial charge in [-0.3, -0.25) is 5.10 Å². The molecule has 0 bridgehead atoms. The topological polar surface area (TPSA) is 45.8 Å². The number of aromatic amines is 1. The zero-order valence-electron chi connectivity index (χ0n) is 7.40. The Kier molecular flexibility index (Phi) is 2.63. The van der Waals surface area contributed by atoms with Crippen molar-refractivity contribution in [1.29, 1.82) is 0 Å². The van der Waals surface area contributed by atoms with Crippen LogP contribution in [0.4, 0.5) is 0 Å². The smallest absolute Gasteiger partial charge is 0.128 e. The second-order valence-corrected chi connectivity index (χ2v) is 3.76. The summed E-state index contributed by atoms with van der Waals surface area (Å²) in [6.45, 7) is 0. The standard InChI is InChI=1S/C10H9BrN2O/c11-4-9(6-14)7-1-2-8-5-12-13-10(8)3-7/h1-3,5-6,9H,4H2,(H,12,13). The Hall–Kier alpha value is -1.16. The molecule has 0 amide bonds. The van der Waals surface area contributed by atoms with Gasteiger partial charge in [0.1, 0.15) is 6.29 Å². The Labute approximate surface area is 89.6 Å². The third-order valence-corrected chi connectivity index (χ3v) is 2.92. The van der Waals surface area contributed by atoms with Crippen molar-refractivity contribution >= 4 is 33.1 Å². The molecule has 3 nitrogen and oxygen atoms in total. The van der Waals surface area contributed by atoms with Gasteiger partial charge in [-0.2, -0.15) is 5.10 Å². The van der Waals surface area contributed by atoms with Crippen LogP contribution in [0.1, 0.15) is 11.5 Å². The SMILES string of the molecule is O=CC(CBr)c1ccc2cn[nH]c2c1. The maximum Gasteiger partial charge on any atom is 0.128 e. The fraction of sp³-hybridized carbons (Fsp3) is 0.200. The molecular formula is C10H9BrN2O. The Morgan fingerprint density at radius 1 is 1.57 bits per heavy atom. The van der Waals surface area contributed by atoms with Crippen molar-refractivity contribution < 1.29 is 4.79 Å². The number of carbonyl (C=O) groups is 1. The van der Waals surface area contributed by atoms with Crippen molar-refractivity contribution in [2.24, 2.45) is 0 Å². The molecular weight excluding hydrogens is 244 g/mol. The molecule has 1 aromatic carbocycles. The monoisotopic (exact) mass is 252 g/mol. The highest BCUT2D eigenvalue weighted by molar-refractivity contribution is 9.09. The molecule has 0 aliphatic rings. The van der Waals surface area contributed by atoms with Crippen LogP contribution < -0.4 is 0 Å².